The van der Waals surface area contributed by atoms with E-state index in [1.807, 2.05) is 0 Å². The molecule has 0 fully saturated rings. The summed E-state index contributed by atoms with van der Waals surface area (Å²) in [6.45, 7) is 33.8. The lowest BCUT2D eigenvalue weighted by Crippen LogP contribution is -2.12. The molecule has 6 N–H and O–H groups in total. The Morgan fingerprint density at radius 1 is 0.477 bits per heavy atom. The smallest absolute Gasteiger partial charge is 0.395 e. The van der Waals surface area contributed by atoms with Gasteiger partial charge in [-0.15, -0.1) is 33.0 Å². The van der Waals surface area contributed by atoms with Crippen LogP contribution in [0.2, 0.25) is 75.7 Å². The molecule has 0 saturated heterocycles. The number of non-ortho nitro benzene ring substituents is 4. The number of ether oxygens (including phenoxy) is 2. The molecular weight excluding hydrogens is 1870 g/mol. The molecule has 0 spiro atoms. The van der Waals surface area contributed by atoms with E-state index in [1.165, 1.54) is 37.4 Å². The van der Waals surface area contributed by atoms with Gasteiger partial charge in [-0.25, -0.2) is 51.2 Å². The molecule has 2 atom stereocenters. The lowest BCUT2D eigenvalue weighted by molar-refractivity contribution is -0.385. The predicted octanol–water partition coefficient (Wildman–Crippen LogP) is 23.6. The second kappa shape index (κ2) is 50.9. The minimum Gasteiger partial charge on any atom is -0.464 e. The Kier molecular flexibility index (Phi) is 45.9. The van der Waals surface area contributed by atoms with Crippen LogP contribution in [0, 0.1) is 85.0 Å². The highest BCUT2D eigenvalue weighted by Gasteiger charge is 2.33. The molecule has 9 aromatic rings. The number of nitrogens with two attached hydrogens (primary N) is 3. The summed E-state index contributed by atoms with van der Waals surface area (Å²) in [5.74, 6) is -2.51. The molecule has 7 aromatic carbocycles. The van der Waals surface area contributed by atoms with E-state index >= 15 is 0 Å². The zero-order valence-electron chi connectivity index (χ0n) is 54.9. The van der Waals surface area contributed by atoms with Gasteiger partial charge in [0.15, 0.2) is 15.5 Å². The molecule has 2 heterocycles. The molecule has 0 saturated carbocycles. The van der Waals surface area contributed by atoms with E-state index in [0.717, 1.165) is 43.5 Å². The van der Waals surface area contributed by atoms with Crippen molar-refractivity contribution in [3.63, 3.8) is 0 Å². The molecule has 47 heteroatoms. The number of benzene rings is 7. The van der Waals surface area contributed by atoms with E-state index in [-0.39, 0.29) is 104 Å². The van der Waals surface area contributed by atoms with Crippen molar-refractivity contribution >= 4 is 254 Å². The summed E-state index contributed by atoms with van der Waals surface area (Å²) < 4.78 is 33.4. The minimum absolute atomic E-state index is 0.00535. The van der Waals surface area contributed by atoms with E-state index < -0.39 is 55.3 Å². The van der Waals surface area contributed by atoms with Gasteiger partial charge in [0.05, 0.1) is 127 Å². The highest BCUT2D eigenvalue weighted by atomic mass is 79.9. The number of nitrogen functional groups attached to an aromatic ring is 3. The summed E-state index contributed by atoms with van der Waals surface area (Å²) in [5, 5.41) is 59.3. The van der Waals surface area contributed by atoms with Crippen LogP contribution < -0.4 is 17.2 Å². The third kappa shape index (κ3) is 34.7. The first-order valence-electron chi connectivity index (χ1n) is 28.1. The summed E-state index contributed by atoms with van der Waals surface area (Å²) in [6, 6.07) is 23.0. The van der Waals surface area contributed by atoms with Gasteiger partial charge in [0, 0.05) is 70.9 Å². The number of anilines is 3. The third-order valence-electron chi connectivity index (χ3n) is 11.9. The molecule has 28 nitrogen and oxygen atoms in total. The van der Waals surface area contributed by atoms with Crippen molar-refractivity contribution in [1.29, 1.82) is 0 Å². The monoisotopic (exact) mass is 1900 g/mol. The van der Waals surface area contributed by atoms with Gasteiger partial charge in [-0.2, -0.15) is 0 Å². The summed E-state index contributed by atoms with van der Waals surface area (Å²) in [4.78, 5) is 76.3. The number of methoxy groups -OCH3 is 2. The van der Waals surface area contributed by atoms with E-state index in [9.17, 15) is 58.8 Å². The maximum atomic E-state index is 12.3. The quantitative estimate of drug-likeness (QED) is 0.0178. The summed E-state index contributed by atoms with van der Waals surface area (Å²) in [5.41, 5.74) is 18.8. The SMILES string of the molecule is Clc1ccc(Cl)nn1.Fc1ccc(S)c(F)c1.Nc1c(Cl)cc([N+](=O)[O-])cc1Cl.O=[N+]([O-])c1cc(Cl)c(Br)c(Cl)c1.[C-]#[N+]C(C(=O)OC)c1c(Cl)cc([N+](=O)[O-])cc1Cl.[C-]#[N+]C(c1ccc(Cl)nn1)c1c(Cl)cc(N)cc1Cl.[C-]#[N+]CC(=O)OC.[C-]#[N+]Cc1c(Cl)cc(N)cc1Cl.[C-]#[N+]Cc1c(Cl)cc([N+](=O)[O-])cc1Cl. The number of carbonyl (C=O) groups excluding carboxylic acids is 2. The first-order chi connectivity index (χ1) is 52.0. The van der Waals surface area contributed by atoms with Crippen LogP contribution in [0.5, 0.6) is 0 Å². The molecule has 111 heavy (non-hydrogen) atoms. The van der Waals surface area contributed by atoms with Gasteiger partial charge < -0.3 is 46.1 Å². The highest BCUT2D eigenvalue weighted by molar-refractivity contribution is 9.10. The van der Waals surface area contributed by atoms with Crippen LogP contribution in [-0.4, -0.2) is 72.8 Å². The molecule has 0 bridgehead atoms. The van der Waals surface area contributed by atoms with Crippen molar-refractivity contribution in [2.24, 2.45) is 0 Å². The van der Waals surface area contributed by atoms with Gasteiger partial charge in [-0.1, -0.05) is 174 Å². The van der Waals surface area contributed by atoms with Crippen LogP contribution in [0.3, 0.4) is 0 Å². The van der Waals surface area contributed by atoms with Crippen molar-refractivity contribution in [2.75, 3.05) is 38.0 Å². The van der Waals surface area contributed by atoms with Gasteiger partial charge in [0.2, 0.25) is 13.1 Å². The number of nitrogens with zero attached hydrogens (tertiary/aromatic N) is 13. The number of rotatable bonds is 11. The molecular formula is C64H40BrCl15F2N16O12S. The molecule has 9 rings (SSSR count). The van der Waals surface area contributed by atoms with Crippen LogP contribution in [-0.2, 0) is 32.2 Å². The second-order valence-electron chi connectivity index (χ2n) is 19.3. The largest absolute Gasteiger partial charge is 0.464 e. The number of thiol groups is 1. The van der Waals surface area contributed by atoms with Crippen molar-refractivity contribution < 1.29 is 47.5 Å². The fourth-order valence-electron chi connectivity index (χ4n) is 6.91. The van der Waals surface area contributed by atoms with E-state index in [0.29, 0.717) is 68.6 Å². The lowest BCUT2D eigenvalue weighted by atomic mass is 10.0. The standard InChI is InChI=1S/C12H7Cl3N4.C10H6Cl2N2O4.C8H4Cl2N2O2.C8H6Cl2N2.C6H2BrCl2NO2.C6H4Cl2N2O2.C6H4F2S.C4H2Cl2N2.C4H5NO2/c1-17-12(9-2-3-10(15)19-18-9)11-7(13)4-6(16)5-8(11)14;1-13-9(10(15)18-2)8-6(11)3-5(14(16)17)4-7(8)12;1-11-4-6-7(9)2-5(12(13)14)3-8(6)10;1-12-4-6-7(9)2-5(11)3-8(6)10;7-6-4(8)1-3(10(11)12)2-5(6)9;7-4-1-3(10(11)12)2-5(8)6(4)9;7-4-1-2-6(9)5(8)3-4;5-3-1-2-4(6)8-7-3;1-5-3-4(6)7-2/h2-5,12H,16H2;3-4,9H,2H3;2-3H,4H2;2-3H,4,11H2;1-2H;1-2H,9H2;1-3,9H;1-2H;3H2,2H3. The number of carbonyl (C=O) groups is 2. The molecule has 0 aliphatic heterocycles. The number of hydrogen-bond donors (Lipinski definition) is 4. The van der Waals surface area contributed by atoms with Gasteiger partial charge in [-0.3, -0.25) is 45.3 Å². The van der Waals surface area contributed by atoms with Gasteiger partial charge in [0.25, 0.3) is 28.8 Å². The molecule has 0 aliphatic rings. The Labute approximate surface area is 716 Å². The van der Waals surface area contributed by atoms with Crippen LogP contribution in [0.4, 0.5) is 48.6 Å². The molecule has 580 valence electrons. The summed E-state index contributed by atoms with van der Waals surface area (Å²) in [7, 11) is 2.38. The van der Waals surface area contributed by atoms with E-state index in [1.54, 1.807) is 48.5 Å². The Morgan fingerprint density at radius 3 is 1.12 bits per heavy atom. The number of aromatic nitrogens is 4. The van der Waals surface area contributed by atoms with Crippen molar-refractivity contribution in [3.05, 3.63) is 333 Å². The van der Waals surface area contributed by atoms with Crippen LogP contribution in [0.15, 0.2) is 125 Å². The maximum absolute atomic E-state index is 12.3. The van der Waals surface area contributed by atoms with Crippen LogP contribution in [0.1, 0.15) is 40.0 Å². The van der Waals surface area contributed by atoms with Gasteiger partial charge in [-0.05, 0) is 76.6 Å². The molecule has 0 radical (unpaired) electrons. The Morgan fingerprint density at radius 2 is 0.820 bits per heavy atom. The van der Waals surface area contributed by atoms with E-state index in [4.69, 9.17) is 224 Å². The lowest BCUT2D eigenvalue weighted by Gasteiger charge is -2.10. The zero-order valence-corrected chi connectivity index (χ0v) is 68.8. The number of nitro groups is 4. The van der Waals surface area contributed by atoms with Crippen LogP contribution >= 0.6 is 203 Å². The normalized spacial score (nSPS) is 10.1. The Bertz CT molecular complexity index is 4870. The van der Waals surface area contributed by atoms with Crippen LogP contribution in [0.25, 0.3) is 24.2 Å². The molecule has 0 amide bonds. The van der Waals surface area contributed by atoms with Gasteiger partial charge in [0.1, 0.15) is 17.3 Å². The third-order valence-corrected chi connectivity index (χ3v) is 18.0. The number of esters is 2. The summed E-state index contributed by atoms with van der Waals surface area (Å²) in [6.07, 6.45) is 0. The molecule has 0 aliphatic carbocycles. The first kappa shape index (κ1) is 100. The fraction of sp³-hybridized carbons (Fsp3) is 0.109. The number of hydrogen-bond acceptors (Lipinski definition) is 20. The first-order valence-corrected chi connectivity index (χ1v) is 35.0. The van der Waals surface area contributed by atoms with Gasteiger partial charge >= 0.3 is 24.5 Å². The van der Waals surface area contributed by atoms with Crippen molar-refractivity contribution in [3.8, 4) is 0 Å². The predicted molar refractivity (Wildman–Crippen MR) is 433 cm³/mol. The topological polar surface area (TPSA) is 377 Å². The minimum atomic E-state index is -1.34. The zero-order chi connectivity index (χ0) is 84.9. The fourth-order valence-corrected chi connectivity index (χ4v) is 11.1. The number of nitro benzene ring substituents is 4. The molecule has 2 unspecified atom stereocenters. The average molecular weight is 1910 g/mol. The maximum Gasteiger partial charge on any atom is 0.395 e. The van der Waals surface area contributed by atoms with Crippen molar-refractivity contribution in [1.82, 2.24) is 20.4 Å². The highest BCUT2D eigenvalue weighted by Crippen LogP contribution is 2.40. The Balaban J connectivity index is 0.000000634. The van der Waals surface area contributed by atoms with Crippen molar-refractivity contribution in [2.45, 2.75) is 30.1 Å². The Hall–Kier alpha value is -8.87. The summed E-state index contributed by atoms with van der Waals surface area (Å²) >= 11 is 92.5. The molecule has 2 aromatic heterocycles. The number of halogens is 18. The van der Waals surface area contributed by atoms with E-state index in [2.05, 4.69) is 82.7 Å². The average Bonchev–Trinajstić information content (AvgIpc) is 0.818. The second-order valence-corrected chi connectivity index (χ2v) is 26.6.